The number of nitrogens with zero attached hydrogens (tertiary/aromatic N) is 1. The third kappa shape index (κ3) is 2.60. The van der Waals surface area contributed by atoms with E-state index in [-0.39, 0.29) is 5.78 Å². The summed E-state index contributed by atoms with van der Waals surface area (Å²) in [4.78, 5) is 11.4. The van der Waals surface area contributed by atoms with Gasteiger partial charge in [-0.25, -0.2) is 0 Å². The lowest BCUT2D eigenvalue weighted by molar-refractivity contribution is -0.655. The Morgan fingerprint density at radius 2 is 2.06 bits per heavy atom. The highest BCUT2D eigenvalue weighted by Crippen LogP contribution is 2.17. The number of rotatable bonds is 3. The summed E-state index contributed by atoms with van der Waals surface area (Å²) in [6.07, 6.45) is 8.27. The lowest BCUT2D eigenvalue weighted by Crippen LogP contribution is -2.54. The summed E-state index contributed by atoms with van der Waals surface area (Å²) in [6.45, 7) is 1.61. The topological polar surface area (TPSA) is 33.0 Å². The molecule has 1 aromatic rings. The molecule has 1 fully saturated rings. The predicted octanol–water partition coefficient (Wildman–Crippen LogP) is 2.05. The summed E-state index contributed by atoms with van der Waals surface area (Å²) in [7, 11) is 0. The quantitative estimate of drug-likeness (QED) is 0.623. The van der Waals surface area contributed by atoms with E-state index < -0.39 is 0 Å². The molecule has 1 N–H and O–H groups in total. The molecule has 1 aliphatic carbocycles. The van der Waals surface area contributed by atoms with Crippen molar-refractivity contribution in [2.45, 2.75) is 45.1 Å². The third-order valence-electron chi connectivity index (χ3n) is 3.15. The van der Waals surface area contributed by atoms with Gasteiger partial charge in [-0.1, -0.05) is 23.9 Å². The van der Waals surface area contributed by atoms with Gasteiger partial charge >= 0.3 is 0 Å². The van der Waals surface area contributed by atoms with Crippen molar-refractivity contribution in [2.24, 2.45) is 0 Å². The first-order valence-corrected chi connectivity index (χ1v) is 6.05. The Morgan fingerprint density at radius 1 is 1.31 bits per heavy atom. The molecule has 1 saturated carbocycles. The minimum absolute atomic E-state index is 0.101. The van der Waals surface area contributed by atoms with Gasteiger partial charge in [0.15, 0.2) is 6.20 Å². The fourth-order valence-corrected chi connectivity index (χ4v) is 2.27. The monoisotopic (exact) mass is 219 g/mol. The maximum absolute atomic E-state index is 11.4. The number of pyridine rings is 1. The molecule has 1 aromatic heterocycles. The van der Waals surface area contributed by atoms with Crippen molar-refractivity contribution in [1.82, 2.24) is 0 Å². The maximum Gasteiger partial charge on any atom is 0.277 e. The molecule has 0 amide bonds. The smallest absolute Gasteiger partial charge is 0.277 e. The van der Waals surface area contributed by atoms with Gasteiger partial charge in [0.25, 0.3) is 5.69 Å². The molecule has 1 aliphatic rings. The Balaban J connectivity index is 2.10. The van der Waals surface area contributed by atoms with E-state index in [4.69, 9.17) is 0 Å². The molecule has 16 heavy (non-hydrogen) atoms. The molecule has 0 spiro atoms. The summed E-state index contributed by atoms with van der Waals surface area (Å²) in [5, 5.41) is 0. The van der Waals surface area contributed by atoms with Gasteiger partial charge < -0.3 is 0 Å². The van der Waals surface area contributed by atoms with Crippen LogP contribution >= 0.6 is 0 Å². The van der Waals surface area contributed by atoms with Crippen LogP contribution in [0.15, 0.2) is 24.4 Å². The third-order valence-corrected chi connectivity index (χ3v) is 3.15. The molecule has 0 unspecified atom stereocenters. The van der Waals surface area contributed by atoms with Crippen molar-refractivity contribution in [1.29, 1.82) is 0 Å². The zero-order valence-corrected chi connectivity index (χ0v) is 9.78. The van der Waals surface area contributed by atoms with Crippen LogP contribution in [0.25, 0.3) is 0 Å². The average molecular weight is 219 g/mol. The minimum atomic E-state index is 0.101. The second-order valence-electron chi connectivity index (χ2n) is 4.48. The molecule has 0 aromatic carbocycles. The Morgan fingerprint density at radius 3 is 2.75 bits per heavy atom. The number of nitrogens with one attached hydrogen (secondary N) is 1. The van der Waals surface area contributed by atoms with Gasteiger partial charge in [0, 0.05) is 19.1 Å². The van der Waals surface area contributed by atoms with Crippen molar-refractivity contribution in [3.8, 4) is 0 Å². The van der Waals surface area contributed by atoms with Crippen LogP contribution in [0.1, 0.15) is 49.5 Å². The molecule has 2 rings (SSSR count). The lowest BCUT2D eigenvalue weighted by atomic mass is 9.96. The highest BCUT2D eigenvalue weighted by molar-refractivity contribution is 5.90. The Bertz CT molecular complexity index is 370. The van der Waals surface area contributed by atoms with Crippen LogP contribution in [0.4, 0.5) is 0 Å². The first kappa shape index (κ1) is 11.1. The van der Waals surface area contributed by atoms with E-state index in [1.54, 1.807) is 6.92 Å². The van der Waals surface area contributed by atoms with E-state index in [2.05, 4.69) is 5.43 Å². The standard InChI is InChI=1S/C13H18N2O/c1-11(16)13-9-5-6-10-15(13)14-12-7-3-2-4-8-12/h5-6,9-10,12H,2-4,7-8H2,1H3/p+1. The molecular weight excluding hydrogens is 200 g/mol. The van der Waals surface area contributed by atoms with Gasteiger partial charge in [0.05, 0.1) is 6.04 Å². The average Bonchev–Trinajstić information content (AvgIpc) is 2.31. The molecule has 0 aliphatic heterocycles. The lowest BCUT2D eigenvalue weighted by Gasteiger charge is -2.20. The number of ketones is 1. The summed E-state index contributed by atoms with van der Waals surface area (Å²) in [6, 6.07) is 6.22. The van der Waals surface area contributed by atoms with Crippen molar-refractivity contribution in [3.05, 3.63) is 30.1 Å². The highest BCUT2D eigenvalue weighted by Gasteiger charge is 2.20. The second-order valence-corrected chi connectivity index (χ2v) is 4.48. The second kappa shape index (κ2) is 5.10. The van der Waals surface area contributed by atoms with Gasteiger partial charge in [-0.15, -0.1) is 0 Å². The van der Waals surface area contributed by atoms with Crippen molar-refractivity contribution >= 4 is 5.78 Å². The number of carbonyl (C=O) groups excluding carboxylic acids is 1. The van der Waals surface area contributed by atoms with E-state index in [1.165, 1.54) is 32.1 Å². The minimum Gasteiger partial charge on any atom is -0.288 e. The van der Waals surface area contributed by atoms with Crippen LogP contribution in [0.2, 0.25) is 0 Å². The van der Waals surface area contributed by atoms with Crippen molar-refractivity contribution < 1.29 is 9.47 Å². The van der Waals surface area contributed by atoms with Crippen molar-refractivity contribution in [2.75, 3.05) is 5.43 Å². The summed E-state index contributed by atoms with van der Waals surface area (Å²) >= 11 is 0. The first-order chi connectivity index (χ1) is 7.77. The fourth-order valence-electron chi connectivity index (χ4n) is 2.27. The summed E-state index contributed by atoms with van der Waals surface area (Å²) < 4.78 is 1.87. The SMILES string of the molecule is CC(=O)c1cccc[n+]1NC1CCCCC1. The van der Waals surface area contributed by atoms with Crippen LogP contribution in [-0.2, 0) is 0 Å². The van der Waals surface area contributed by atoms with Crippen LogP contribution in [0, 0.1) is 0 Å². The Labute approximate surface area is 96.5 Å². The summed E-state index contributed by atoms with van der Waals surface area (Å²) in [5.74, 6) is 0.101. The van der Waals surface area contributed by atoms with Gasteiger partial charge in [-0.05, 0) is 18.9 Å². The van der Waals surface area contributed by atoms with Crippen LogP contribution in [0.5, 0.6) is 0 Å². The van der Waals surface area contributed by atoms with Gasteiger partial charge in [0.1, 0.15) is 0 Å². The number of aromatic nitrogens is 1. The molecule has 0 saturated heterocycles. The molecule has 3 heteroatoms. The number of carbonyl (C=O) groups is 1. The van der Waals surface area contributed by atoms with Crippen LogP contribution < -0.4 is 10.1 Å². The van der Waals surface area contributed by atoms with Gasteiger partial charge in [0.2, 0.25) is 5.78 Å². The molecule has 3 nitrogen and oxygen atoms in total. The van der Waals surface area contributed by atoms with E-state index in [0.717, 1.165) is 5.69 Å². The van der Waals surface area contributed by atoms with E-state index in [0.29, 0.717) is 6.04 Å². The molecule has 0 bridgehead atoms. The van der Waals surface area contributed by atoms with Crippen LogP contribution in [0.3, 0.4) is 0 Å². The highest BCUT2D eigenvalue weighted by atomic mass is 16.1. The predicted molar refractivity (Wildman–Crippen MR) is 62.9 cm³/mol. The van der Waals surface area contributed by atoms with Crippen LogP contribution in [-0.4, -0.2) is 11.8 Å². The normalized spacial score (nSPS) is 17.1. The van der Waals surface area contributed by atoms with E-state index in [9.17, 15) is 4.79 Å². The number of Topliss-reactive ketones (excluding diaryl/α,β-unsaturated/α-hetero) is 1. The first-order valence-electron chi connectivity index (χ1n) is 6.05. The molecule has 1 heterocycles. The molecule has 0 radical (unpaired) electrons. The van der Waals surface area contributed by atoms with E-state index >= 15 is 0 Å². The Hall–Kier alpha value is -1.38. The molecule has 0 atom stereocenters. The fraction of sp³-hybridized carbons (Fsp3) is 0.538. The largest absolute Gasteiger partial charge is 0.288 e. The number of hydrogen-bond donors (Lipinski definition) is 1. The Kier molecular flexibility index (Phi) is 3.54. The zero-order chi connectivity index (χ0) is 11.4. The van der Waals surface area contributed by atoms with Gasteiger partial charge in [-0.2, -0.15) is 5.43 Å². The zero-order valence-electron chi connectivity index (χ0n) is 9.78. The van der Waals surface area contributed by atoms with E-state index in [1.807, 2.05) is 29.1 Å². The summed E-state index contributed by atoms with van der Waals surface area (Å²) in [5.41, 5.74) is 4.16. The molecular formula is C13H19N2O+. The molecule has 86 valence electrons. The number of hydrogen-bond acceptors (Lipinski definition) is 2. The maximum atomic E-state index is 11.4. The van der Waals surface area contributed by atoms with Crippen molar-refractivity contribution in [3.63, 3.8) is 0 Å². The van der Waals surface area contributed by atoms with Gasteiger partial charge in [-0.3, -0.25) is 4.79 Å².